The normalized spacial score (nSPS) is 19.1. The molecule has 1 atom stereocenters. The Morgan fingerprint density at radius 3 is 2.50 bits per heavy atom. The summed E-state index contributed by atoms with van der Waals surface area (Å²) >= 11 is 0. The second kappa shape index (κ2) is 7.41. The van der Waals surface area contributed by atoms with E-state index in [1.807, 2.05) is 24.0 Å². The highest BCUT2D eigenvalue weighted by Crippen LogP contribution is 2.28. The molecule has 1 saturated heterocycles. The van der Waals surface area contributed by atoms with Crippen LogP contribution in [0.5, 0.6) is 0 Å². The van der Waals surface area contributed by atoms with E-state index in [0.717, 1.165) is 57.2 Å². The van der Waals surface area contributed by atoms with E-state index in [4.69, 9.17) is 0 Å². The van der Waals surface area contributed by atoms with E-state index in [-0.39, 0.29) is 11.9 Å². The van der Waals surface area contributed by atoms with Gasteiger partial charge in [0, 0.05) is 50.8 Å². The van der Waals surface area contributed by atoms with Gasteiger partial charge in [-0.05, 0) is 37.5 Å². The van der Waals surface area contributed by atoms with Gasteiger partial charge in [0.05, 0.1) is 6.04 Å². The lowest BCUT2D eigenvalue weighted by atomic mass is 10.0. The Hall–Kier alpha value is -2.47. The summed E-state index contributed by atoms with van der Waals surface area (Å²) in [5.74, 6) is 0.984. The van der Waals surface area contributed by atoms with Gasteiger partial charge >= 0.3 is 0 Å². The monoisotopic (exact) mass is 351 g/mol. The van der Waals surface area contributed by atoms with E-state index in [2.05, 4.69) is 38.0 Å². The van der Waals surface area contributed by atoms with E-state index in [1.165, 1.54) is 5.56 Å². The Balaban J connectivity index is 1.41. The van der Waals surface area contributed by atoms with Crippen molar-refractivity contribution in [1.82, 2.24) is 14.9 Å². The van der Waals surface area contributed by atoms with Gasteiger partial charge in [0.25, 0.3) is 0 Å². The quantitative estimate of drug-likeness (QED) is 0.846. The number of aryl methyl sites for hydroxylation is 1. The van der Waals surface area contributed by atoms with Gasteiger partial charge < -0.3 is 9.80 Å². The third-order valence-electron chi connectivity index (χ3n) is 5.43. The van der Waals surface area contributed by atoms with Gasteiger partial charge in [-0.2, -0.15) is 0 Å². The molecule has 3 heterocycles. The minimum atomic E-state index is -0.111. The zero-order valence-corrected chi connectivity index (χ0v) is 15.2. The van der Waals surface area contributed by atoms with Crippen molar-refractivity contribution in [3.05, 3.63) is 48.3 Å². The lowest BCUT2D eigenvalue weighted by Crippen LogP contribution is -2.55. The number of nitrogens with zero attached hydrogens (tertiary/aromatic N) is 5. The number of anilines is 2. The van der Waals surface area contributed by atoms with Crippen LogP contribution in [0, 0.1) is 0 Å². The Bertz CT molecular complexity index is 758. The fraction of sp³-hybridized carbons (Fsp3) is 0.450. The standard InChI is InChI=1S/C20H25N5O/c1-16(19(26)25-11-4-7-17-6-2-3-8-18(17)25)23-12-14-24(15-13-23)20-21-9-5-10-22-20/h2-3,5-6,8-10,16H,4,7,11-15H2,1H3. The first-order chi connectivity index (χ1) is 12.7. The third kappa shape index (κ3) is 3.29. The Kier molecular flexibility index (Phi) is 4.84. The molecule has 26 heavy (non-hydrogen) atoms. The number of carbonyl (C=O) groups excluding carboxylic acids is 1. The molecule has 2 aliphatic heterocycles. The maximum absolute atomic E-state index is 13.2. The number of aromatic nitrogens is 2. The molecule has 0 aliphatic carbocycles. The Morgan fingerprint density at radius 2 is 1.73 bits per heavy atom. The number of hydrogen-bond donors (Lipinski definition) is 0. The van der Waals surface area contributed by atoms with E-state index < -0.39 is 0 Å². The smallest absolute Gasteiger partial charge is 0.244 e. The molecule has 2 aliphatic rings. The van der Waals surface area contributed by atoms with Crippen LogP contribution in [-0.2, 0) is 11.2 Å². The van der Waals surface area contributed by atoms with Crippen LogP contribution < -0.4 is 9.80 Å². The van der Waals surface area contributed by atoms with Gasteiger partial charge in [0.1, 0.15) is 0 Å². The summed E-state index contributed by atoms with van der Waals surface area (Å²) in [5.41, 5.74) is 2.37. The van der Waals surface area contributed by atoms with E-state index in [0.29, 0.717) is 0 Å². The topological polar surface area (TPSA) is 52.6 Å². The van der Waals surface area contributed by atoms with Crippen molar-refractivity contribution >= 4 is 17.5 Å². The van der Waals surface area contributed by atoms with Crippen molar-refractivity contribution in [1.29, 1.82) is 0 Å². The zero-order valence-electron chi connectivity index (χ0n) is 15.2. The minimum Gasteiger partial charge on any atom is -0.338 e. The van der Waals surface area contributed by atoms with E-state index >= 15 is 0 Å². The summed E-state index contributed by atoms with van der Waals surface area (Å²) in [6.45, 7) is 6.24. The second-order valence-corrected chi connectivity index (χ2v) is 6.97. The Morgan fingerprint density at radius 1 is 1.00 bits per heavy atom. The molecule has 0 bridgehead atoms. The summed E-state index contributed by atoms with van der Waals surface area (Å²) in [7, 11) is 0. The summed E-state index contributed by atoms with van der Waals surface area (Å²) in [6, 6.07) is 10.0. The molecular weight excluding hydrogens is 326 g/mol. The van der Waals surface area contributed by atoms with Crippen molar-refractivity contribution in [3.8, 4) is 0 Å². The molecule has 0 saturated carbocycles. The lowest BCUT2D eigenvalue weighted by molar-refractivity contribution is -0.123. The third-order valence-corrected chi connectivity index (χ3v) is 5.43. The molecule has 1 fully saturated rings. The predicted molar refractivity (Wildman–Crippen MR) is 102 cm³/mol. The van der Waals surface area contributed by atoms with Gasteiger partial charge in [-0.15, -0.1) is 0 Å². The number of benzene rings is 1. The molecule has 1 aromatic carbocycles. The van der Waals surface area contributed by atoms with Crippen molar-refractivity contribution < 1.29 is 4.79 Å². The summed E-state index contributed by atoms with van der Waals surface area (Å²) in [5, 5.41) is 0. The van der Waals surface area contributed by atoms with Crippen molar-refractivity contribution in [3.63, 3.8) is 0 Å². The first kappa shape index (κ1) is 17.0. The molecular formula is C20H25N5O. The minimum absolute atomic E-state index is 0.111. The van der Waals surface area contributed by atoms with Gasteiger partial charge in [-0.25, -0.2) is 9.97 Å². The largest absolute Gasteiger partial charge is 0.338 e. The van der Waals surface area contributed by atoms with Crippen LogP contribution in [0.1, 0.15) is 18.9 Å². The first-order valence-electron chi connectivity index (χ1n) is 9.39. The number of amides is 1. The zero-order chi connectivity index (χ0) is 17.9. The number of piperazine rings is 1. The van der Waals surface area contributed by atoms with Crippen molar-refractivity contribution in [2.75, 3.05) is 42.5 Å². The molecule has 0 N–H and O–H groups in total. The fourth-order valence-corrected chi connectivity index (χ4v) is 3.91. The van der Waals surface area contributed by atoms with E-state index in [1.54, 1.807) is 12.4 Å². The molecule has 0 spiro atoms. The maximum Gasteiger partial charge on any atom is 0.244 e. The number of rotatable bonds is 3. The lowest BCUT2D eigenvalue weighted by Gasteiger charge is -2.40. The SMILES string of the molecule is CC(C(=O)N1CCCc2ccccc21)N1CCN(c2ncccn2)CC1. The van der Waals surface area contributed by atoms with Gasteiger partial charge in [-0.3, -0.25) is 9.69 Å². The Labute approximate surface area is 154 Å². The molecule has 1 aromatic heterocycles. The summed E-state index contributed by atoms with van der Waals surface area (Å²) in [6.07, 6.45) is 5.64. The first-order valence-corrected chi connectivity index (χ1v) is 9.39. The summed E-state index contributed by atoms with van der Waals surface area (Å²) < 4.78 is 0. The van der Waals surface area contributed by atoms with Gasteiger partial charge in [-0.1, -0.05) is 18.2 Å². The number of hydrogen-bond acceptors (Lipinski definition) is 5. The van der Waals surface area contributed by atoms with E-state index in [9.17, 15) is 4.79 Å². The molecule has 6 heteroatoms. The van der Waals surface area contributed by atoms with Crippen molar-refractivity contribution in [2.24, 2.45) is 0 Å². The molecule has 4 rings (SSSR count). The second-order valence-electron chi connectivity index (χ2n) is 6.97. The average molecular weight is 351 g/mol. The van der Waals surface area contributed by atoms with Crippen molar-refractivity contribution in [2.45, 2.75) is 25.8 Å². The highest BCUT2D eigenvalue weighted by Gasteiger charge is 2.31. The summed E-state index contributed by atoms with van der Waals surface area (Å²) in [4.78, 5) is 28.3. The number of para-hydroxylation sites is 1. The van der Waals surface area contributed by atoms with Crippen LogP contribution in [-0.4, -0.2) is 59.5 Å². The molecule has 2 aromatic rings. The van der Waals surface area contributed by atoms with Crippen LogP contribution in [0.4, 0.5) is 11.6 Å². The molecule has 1 amide bonds. The predicted octanol–water partition coefficient (Wildman–Crippen LogP) is 1.97. The molecule has 1 unspecified atom stereocenters. The molecule has 136 valence electrons. The molecule has 0 radical (unpaired) electrons. The van der Waals surface area contributed by atoms with Gasteiger partial charge in [0.2, 0.25) is 11.9 Å². The highest BCUT2D eigenvalue weighted by atomic mass is 16.2. The fourth-order valence-electron chi connectivity index (χ4n) is 3.91. The van der Waals surface area contributed by atoms with Crippen LogP contribution >= 0.6 is 0 Å². The van der Waals surface area contributed by atoms with Crippen LogP contribution in [0.3, 0.4) is 0 Å². The van der Waals surface area contributed by atoms with Crippen LogP contribution in [0.2, 0.25) is 0 Å². The van der Waals surface area contributed by atoms with Crippen LogP contribution in [0.25, 0.3) is 0 Å². The van der Waals surface area contributed by atoms with Crippen LogP contribution in [0.15, 0.2) is 42.7 Å². The van der Waals surface area contributed by atoms with Gasteiger partial charge in [0.15, 0.2) is 0 Å². The number of fused-ring (bicyclic) bond motifs is 1. The molecule has 6 nitrogen and oxygen atoms in total. The highest BCUT2D eigenvalue weighted by molar-refractivity contribution is 5.98. The average Bonchev–Trinajstić information content (AvgIpc) is 2.73. The maximum atomic E-state index is 13.2. The number of carbonyl (C=O) groups is 1.